The SMILES string of the molecule is Cc1cc(C(=O)NC2CCCCC2)ccc1NC(=O)Cc1nc(-c2cccs2)oc1C. The van der Waals surface area contributed by atoms with E-state index in [0.717, 1.165) is 23.3 Å². The van der Waals surface area contributed by atoms with Crippen molar-refractivity contribution in [2.24, 2.45) is 0 Å². The van der Waals surface area contributed by atoms with Crippen LogP contribution in [0.5, 0.6) is 0 Å². The first-order valence-electron chi connectivity index (χ1n) is 10.7. The number of nitrogens with zero attached hydrogens (tertiary/aromatic N) is 1. The van der Waals surface area contributed by atoms with Gasteiger partial charge in [0, 0.05) is 17.3 Å². The number of hydrogen-bond donors (Lipinski definition) is 2. The van der Waals surface area contributed by atoms with Crippen LogP contribution in [0.15, 0.2) is 40.1 Å². The molecule has 3 aromatic rings. The van der Waals surface area contributed by atoms with E-state index < -0.39 is 0 Å². The van der Waals surface area contributed by atoms with Crippen LogP contribution in [0.4, 0.5) is 5.69 Å². The van der Waals surface area contributed by atoms with E-state index in [0.29, 0.717) is 28.6 Å². The van der Waals surface area contributed by atoms with E-state index in [-0.39, 0.29) is 24.3 Å². The van der Waals surface area contributed by atoms with E-state index in [1.54, 1.807) is 23.5 Å². The number of thiophene rings is 1. The lowest BCUT2D eigenvalue weighted by Gasteiger charge is -2.23. The van der Waals surface area contributed by atoms with Gasteiger partial charge in [-0.25, -0.2) is 4.98 Å². The minimum Gasteiger partial charge on any atom is -0.440 e. The third-order valence-corrected chi connectivity index (χ3v) is 6.51. The van der Waals surface area contributed by atoms with Crippen LogP contribution in [0.3, 0.4) is 0 Å². The molecule has 0 spiro atoms. The predicted molar refractivity (Wildman–Crippen MR) is 122 cm³/mol. The lowest BCUT2D eigenvalue weighted by Crippen LogP contribution is -2.36. The second-order valence-corrected chi connectivity index (χ2v) is 9.01. The Balaban J connectivity index is 1.38. The van der Waals surface area contributed by atoms with Crippen molar-refractivity contribution in [2.75, 3.05) is 5.32 Å². The fourth-order valence-corrected chi connectivity index (χ4v) is 4.55. The number of benzene rings is 1. The van der Waals surface area contributed by atoms with Crippen molar-refractivity contribution in [3.63, 3.8) is 0 Å². The third-order valence-electron chi connectivity index (χ3n) is 5.66. The van der Waals surface area contributed by atoms with Crippen LogP contribution < -0.4 is 10.6 Å². The molecule has 0 bridgehead atoms. The Morgan fingerprint density at radius 3 is 2.68 bits per heavy atom. The van der Waals surface area contributed by atoms with Gasteiger partial charge >= 0.3 is 0 Å². The van der Waals surface area contributed by atoms with Crippen molar-refractivity contribution in [1.29, 1.82) is 0 Å². The van der Waals surface area contributed by atoms with Crippen LogP contribution >= 0.6 is 11.3 Å². The molecular weight excluding hydrogens is 410 g/mol. The standard InChI is InChI=1S/C24H27N3O3S/c1-15-13-17(23(29)25-18-7-4-3-5-8-18)10-11-19(15)26-22(28)14-20-16(2)30-24(27-20)21-9-6-12-31-21/h6,9-13,18H,3-5,7-8,14H2,1-2H3,(H,25,29)(H,26,28). The number of carbonyl (C=O) groups is 2. The second kappa shape index (κ2) is 9.47. The maximum absolute atomic E-state index is 12.6. The Labute approximate surface area is 186 Å². The largest absolute Gasteiger partial charge is 0.440 e. The molecule has 6 nitrogen and oxygen atoms in total. The van der Waals surface area contributed by atoms with Crippen molar-refractivity contribution in [1.82, 2.24) is 10.3 Å². The molecule has 0 unspecified atom stereocenters. The Bertz CT molecular complexity index is 1070. The van der Waals surface area contributed by atoms with Gasteiger partial charge < -0.3 is 15.1 Å². The smallest absolute Gasteiger partial charge is 0.251 e. The van der Waals surface area contributed by atoms with Gasteiger partial charge in [0.25, 0.3) is 5.91 Å². The van der Waals surface area contributed by atoms with Gasteiger partial charge in [0.05, 0.1) is 17.0 Å². The molecule has 0 aliphatic heterocycles. The number of hydrogen-bond acceptors (Lipinski definition) is 5. The van der Waals surface area contributed by atoms with Crippen molar-refractivity contribution in [3.05, 3.63) is 58.3 Å². The molecule has 1 aliphatic rings. The number of nitrogens with one attached hydrogen (secondary N) is 2. The summed E-state index contributed by atoms with van der Waals surface area (Å²) >= 11 is 1.55. The number of rotatable bonds is 6. The molecule has 2 aromatic heterocycles. The molecule has 4 rings (SSSR count). The van der Waals surface area contributed by atoms with Crippen LogP contribution in [0.2, 0.25) is 0 Å². The summed E-state index contributed by atoms with van der Waals surface area (Å²) < 4.78 is 5.71. The number of amides is 2. The topological polar surface area (TPSA) is 84.2 Å². The van der Waals surface area contributed by atoms with Crippen LogP contribution in [0.25, 0.3) is 10.8 Å². The van der Waals surface area contributed by atoms with Gasteiger partial charge in [-0.3, -0.25) is 9.59 Å². The number of oxazole rings is 1. The Morgan fingerprint density at radius 1 is 1.16 bits per heavy atom. The van der Waals surface area contributed by atoms with Crippen LogP contribution in [-0.4, -0.2) is 22.8 Å². The highest BCUT2D eigenvalue weighted by Gasteiger charge is 2.18. The molecule has 2 amide bonds. The first kappa shape index (κ1) is 21.3. The van der Waals surface area contributed by atoms with Crippen molar-refractivity contribution >= 4 is 28.8 Å². The van der Waals surface area contributed by atoms with Gasteiger partial charge in [0.2, 0.25) is 11.8 Å². The average Bonchev–Trinajstić information content (AvgIpc) is 3.40. The summed E-state index contributed by atoms with van der Waals surface area (Å²) in [6, 6.07) is 9.52. The molecule has 7 heteroatoms. The second-order valence-electron chi connectivity index (χ2n) is 8.06. The quantitative estimate of drug-likeness (QED) is 0.551. The molecule has 1 saturated carbocycles. The zero-order chi connectivity index (χ0) is 21.8. The highest BCUT2D eigenvalue weighted by atomic mass is 32.1. The summed E-state index contributed by atoms with van der Waals surface area (Å²) in [4.78, 5) is 30.6. The molecule has 0 saturated heterocycles. The lowest BCUT2D eigenvalue weighted by molar-refractivity contribution is -0.115. The van der Waals surface area contributed by atoms with E-state index in [9.17, 15) is 9.59 Å². The van der Waals surface area contributed by atoms with E-state index in [1.165, 1.54) is 19.3 Å². The zero-order valence-electron chi connectivity index (χ0n) is 17.9. The van der Waals surface area contributed by atoms with Gasteiger partial charge in [-0.05, 0) is 61.9 Å². The fourth-order valence-electron chi connectivity index (χ4n) is 3.90. The fraction of sp³-hybridized carbons (Fsp3) is 0.375. The van der Waals surface area contributed by atoms with Crippen molar-refractivity contribution < 1.29 is 14.0 Å². The van der Waals surface area contributed by atoms with Gasteiger partial charge in [-0.1, -0.05) is 25.3 Å². The maximum Gasteiger partial charge on any atom is 0.251 e. The Hall–Kier alpha value is -2.93. The zero-order valence-corrected chi connectivity index (χ0v) is 18.7. The minimum absolute atomic E-state index is 0.0489. The van der Waals surface area contributed by atoms with Crippen molar-refractivity contribution in [2.45, 2.75) is 58.4 Å². The van der Waals surface area contributed by atoms with Crippen LogP contribution in [0, 0.1) is 13.8 Å². The molecule has 31 heavy (non-hydrogen) atoms. The number of carbonyl (C=O) groups excluding carboxylic acids is 2. The molecule has 2 heterocycles. The molecule has 0 radical (unpaired) electrons. The summed E-state index contributed by atoms with van der Waals surface area (Å²) in [5, 5.41) is 8.02. The van der Waals surface area contributed by atoms with E-state index in [4.69, 9.17) is 4.42 Å². The molecule has 0 atom stereocenters. The highest BCUT2D eigenvalue weighted by molar-refractivity contribution is 7.13. The monoisotopic (exact) mass is 437 g/mol. The van der Waals surface area contributed by atoms with Gasteiger partial charge in [-0.15, -0.1) is 11.3 Å². The molecular formula is C24H27N3O3S. The summed E-state index contributed by atoms with van der Waals surface area (Å²) in [6.07, 6.45) is 5.83. The van der Waals surface area contributed by atoms with Crippen LogP contribution in [0.1, 0.15) is 59.5 Å². The third kappa shape index (κ3) is 5.22. The van der Waals surface area contributed by atoms with Gasteiger partial charge in [0.1, 0.15) is 5.76 Å². The minimum atomic E-state index is -0.170. The molecule has 1 aliphatic carbocycles. The molecule has 2 N–H and O–H groups in total. The average molecular weight is 438 g/mol. The Kier molecular flexibility index (Phi) is 6.51. The number of aromatic nitrogens is 1. The molecule has 1 fully saturated rings. The Morgan fingerprint density at radius 2 is 1.97 bits per heavy atom. The first-order valence-corrected chi connectivity index (χ1v) is 11.6. The lowest BCUT2D eigenvalue weighted by atomic mass is 9.95. The number of anilines is 1. The summed E-state index contributed by atoms with van der Waals surface area (Å²) in [6.45, 7) is 3.71. The van der Waals surface area contributed by atoms with E-state index in [1.807, 2.05) is 37.4 Å². The molecule has 1 aromatic carbocycles. The van der Waals surface area contributed by atoms with E-state index in [2.05, 4.69) is 15.6 Å². The normalized spacial score (nSPS) is 14.4. The first-order chi connectivity index (χ1) is 15.0. The highest BCUT2D eigenvalue weighted by Crippen LogP contribution is 2.26. The van der Waals surface area contributed by atoms with E-state index >= 15 is 0 Å². The van der Waals surface area contributed by atoms with Gasteiger partial charge in [-0.2, -0.15) is 0 Å². The summed E-state index contributed by atoms with van der Waals surface area (Å²) in [7, 11) is 0. The summed E-state index contributed by atoms with van der Waals surface area (Å²) in [5.41, 5.74) is 2.79. The maximum atomic E-state index is 12.6. The van der Waals surface area contributed by atoms with Crippen LogP contribution in [-0.2, 0) is 11.2 Å². The molecule has 162 valence electrons. The summed E-state index contributed by atoms with van der Waals surface area (Å²) in [5.74, 6) is 0.966. The predicted octanol–water partition coefficient (Wildman–Crippen LogP) is 5.26. The van der Waals surface area contributed by atoms with Gasteiger partial charge in [0.15, 0.2) is 0 Å². The number of aryl methyl sites for hydroxylation is 2. The van der Waals surface area contributed by atoms with Crippen molar-refractivity contribution in [3.8, 4) is 10.8 Å².